The number of aromatic nitrogens is 2. The fourth-order valence-corrected chi connectivity index (χ4v) is 4.94. The maximum absolute atomic E-state index is 12.6. The van der Waals surface area contributed by atoms with Crippen LogP contribution in [0.4, 0.5) is 0 Å². The van der Waals surface area contributed by atoms with Gasteiger partial charge in [-0.3, -0.25) is 13.9 Å². The van der Waals surface area contributed by atoms with Gasteiger partial charge in [-0.25, -0.2) is 13.2 Å². The Morgan fingerprint density at radius 2 is 1.60 bits per heavy atom. The number of amides is 1. The third-order valence-electron chi connectivity index (χ3n) is 4.99. The Morgan fingerprint density at radius 3 is 2.27 bits per heavy atom. The van der Waals surface area contributed by atoms with Crippen LogP contribution >= 0.6 is 0 Å². The Morgan fingerprint density at radius 1 is 0.967 bits per heavy atom. The van der Waals surface area contributed by atoms with Crippen LogP contribution in [0.15, 0.2) is 59.4 Å². The molecule has 0 bridgehead atoms. The van der Waals surface area contributed by atoms with E-state index in [1.54, 1.807) is 21.3 Å². The van der Waals surface area contributed by atoms with Crippen molar-refractivity contribution in [3.63, 3.8) is 0 Å². The predicted octanol–water partition coefficient (Wildman–Crippen LogP) is 2.33. The molecule has 0 aliphatic rings. The maximum Gasteiger partial charge on any atom is 0.329 e. The molecular weight excluding hydrogens is 402 g/mol. The van der Waals surface area contributed by atoms with E-state index in [9.17, 15) is 18.0 Å². The average Bonchev–Trinajstić information content (AvgIpc) is 3.00. The van der Waals surface area contributed by atoms with Crippen molar-refractivity contribution in [1.29, 1.82) is 0 Å². The Balaban J connectivity index is 1.47. The highest BCUT2D eigenvalue weighted by molar-refractivity contribution is 7.90. The zero-order valence-electron chi connectivity index (χ0n) is 17.1. The van der Waals surface area contributed by atoms with Crippen LogP contribution < -0.4 is 11.0 Å². The van der Waals surface area contributed by atoms with E-state index in [4.69, 9.17) is 0 Å². The molecule has 0 spiro atoms. The second-order valence-electron chi connectivity index (χ2n) is 7.20. The number of carbonyl (C=O) groups excluding carboxylic acids is 1. The highest BCUT2D eigenvalue weighted by Gasteiger charge is 2.14. The Hall–Kier alpha value is -2.87. The van der Waals surface area contributed by atoms with Crippen LogP contribution in [0, 0.1) is 0 Å². The van der Waals surface area contributed by atoms with Crippen LogP contribution in [-0.2, 0) is 33.5 Å². The van der Waals surface area contributed by atoms with E-state index in [0.29, 0.717) is 19.5 Å². The van der Waals surface area contributed by atoms with Gasteiger partial charge in [0.1, 0.15) is 0 Å². The topological polar surface area (TPSA) is 90.2 Å². The average molecular weight is 430 g/mol. The van der Waals surface area contributed by atoms with Gasteiger partial charge in [0.05, 0.1) is 22.5 Å². The first-order valence-corrected chi connectivity index (χ1v) is 11.9. The zero-order valence-corrected chi connectivity index (χ0v) is 17.9. The molecular formula is C22H27N3O4S. The summed E-state index contributed by atoms with van der Waals surface area (Å²) in [6.45, 7) is 3.05. The van der Waals surface area contributed by atoms with Crippen LogP contribution in [0.25, 0.3) is 11.0 Å². The van der Waals surface area contributed by atoms with Crippen LogP contribution in [0.5, 0.6) is 0 Å². The molecule has 1 heterocycles. The Bertz CT molecular complexity index is 1160. The summed E-state index contributed by atoms with van der Waals surface area (Å²) in [5, 5.41) is 2.75. The first-order chi connectivity index (χ1) is 14.4. The van der Waals surface area contributed by atoms with Gasteiger partial charge < -0.3 is 5.32 Å². The van der Waals surface area contributed by atoms with E-state index >= 15 is 0 Å². The number of sulfone groups is 1. The second kappa shape index (κ2) is 9.75. The Kier molecular flexibility index (Phi) is 7.10. The SMILES string of the molecule is CCn1c(=O)n(CCC(=O)NCCCS(=O)(=O)Cc2ccccc2)c2ccccc21. The summed E-state index contributed by atoms with van der Waals surface area (Å²) in [5.41, 5.74) is 2.30. The monoisotopic (exact) mass is 429 g/mol. The molecule has 0 unspecified atom stereocenters. The lowest BCUT2D eigenvalue weighted by Crippen LogP contribution is -2.29. The molecule has 0 atom stereocenters. The number of nitrogens with one attached hydrogen (secondary N) is 1. The standard InChI is InChI=1S/C22H27N3O4S/c1-2-24-19-11-6-7-12-20(19)25(22(24)27)15-13-21(26)23-14-8-16-30(28,29)17-18-9-4-3-5-10-18/h3-7,9-12H,2,8,13-17H2,1H3,(H,23,26). The second-order valence-corrected chi connectivity index (χ2v) is 9.38. The normalized spacial score (nSPS) is 11.6. The minimum atomic E-state index is -3.22. The van der Waals surface area contributed by atoms with Crippen molar-refractivity contribution >= 4 is 26.8 Å². The third-order valence-corrected chi connectivity index (χ3v) is 6.67. The summed E-state index contributed by atoms with van der Waals surface area (Å²) < 4.78 is 27.7. The number of imidazole rings is 1. The van der Waals surface area contributed by atoms with Gasteiger partial charge in [-0.05, 0) is 31.0 Å². The molecule has 160 valence electrons. The van der Waals surface area contributed by atoms with Gasteiger partial charge in [0.15, 0.2) is 9.84 Å². The van der Waals surface area contributed by atoms with Crippen LogP contribution in [0.2, 0.25) is 0 Å². The van der Waals surface area contributed by atoms with Gasteiger partial charge in [0, 0.05) is 26.1 Å². The molecule has 30 heavy (non-hydrogen) atoms. The minimum Gasteiger partial charge on any atom is -0.356 e. The lowest BCUT2D eigenvalue weighted by molar-refractivity contribution is -0.121. The number of carbonyl (C=O) groups is 1. The van der Waals surface area contributed by atoms with E-state index in [1.165, 1.54) is 0 Å². The van der Waals surface area contributed by atoms with Crippen molar-refractivity contribution in [2.24, 2.45) is 0 Å². The van der Waals surface area contributed by atoms with E-state index in [-0.39, 0.29) is 36.1 Å². The number of hydrogen-bond acceptors (Lipinski definition) is 4. The molecule has 0 saturated heterocycles. The van der Waals surface area contributed by atoms with Crippen molar-refractivity contribution in [3.8, 4) is 0 Å². The quantitative estimate of drug-likeness (QED) is 0.501. The summed E-state index contributed by atoms with van der Waals surface area (Å²) in [4.78, 5) is 24.8. The molecule has 1 N–H and O–H groups in total. The number of nitrogens with zero attached hydrogens (tertiary/aromatic N) is 2. The van der Waals surface area contributed by atoms with Crippen molar-refractivity contribution in [2.45, 2.75) is 38.6 Å². The maximum atomic E-state index is 12.6. The van der Waals surface area contributed by atoms with E-state index < -0.39 is 9.84 Å². The number of rotatable bonds is 10. The largest absolute Gasteiger partial charge is 0.356 e. The smallest absolute Gasteiger partial charge is 0.329 e. The fourth-order valence-electron chi connectivity index (χ4n) is 3.52. The number of para-hydroxylation sites is 2. The molecule has 8 heteroatoms. The summed E-state index contributed by atoms with van der Waals surface area (Å²) in [6.07, 6.45) is 0.518. The zero-order chi connectivity index (χ0) is 21.6. The molecule has 7 nitrogen and oxygen atoms in total. The molecule has 0 saturated carbocycles. The molecule has 1 aromatic heterocycles. The number of fused-ring (bicyclic) bond motifs is 1. The Labute approximate surface area is 176 Å². The molecule has 1 amide bonds. The molecule has 2 aromatic carbocycles. The van der Waals surface area contributed by atoms with E-state index in [1.807, 2.05) is 49.4 Å². The van der Waals surface area contributed by atoms with Crippen molar-refractivity contribution in [1.82, 2.24) is 14.5 Å². The molecule has 0 fully saturated rings. The highest BCUT2D eigenvalue weighted by atomic mass is 32.2. The summed E-state index contributed by atoms with van der Waals surface area (Å²) in [6, 6.07) is 16.6. The lowest BCUT2D eigenvalue weighted by Gasteiger charge is -2.07. The van der Waals surface area contributed by atoms with E-state index in [0.717, 1.165) is 16.6 Å². The van der Waals surface area contributed by atoms with Gasteiger partial charge in [-0.15, -0.1) is 0 Å². The van der Waals surface area contributed by atoms with Crippen LogP contribution in [0.3, 0.4) is 0 Å². The van der Waals surface area contributed by atoms with Gasteiger partial charge in [-0.1, -0.05) is 42.5 Å². The highest BCUT2D eigenvalue weighted by Crippen LogP contribution is 2.13. The summed E-state index contributed by atoms with van der Waals surface area (Å²) in [7, 11) is -3.22. The van der Waals surface area contributed by atoms with Gasteiger partial charge in [-0.2, -0.15) is 0 Å². The van der Waals surface area contributed by atoms with Gasteiger partial charge in [0.2, 0.25) is 5.91 Å². The first kappa shape index (κ1) is 21.8. The van der Waals surface area contributed by atoms with Crippen molar-refractivity contribution in [2.75, 3.05) is 12.3 Å². The fraction of sp³-hybridized carbons (Fsp3) is 0.364. The minimum absolute atomic E-state index is 0.00615. The van der Waals surface area contributed by atoms with Crippen LogP contribution in [-0.4, -0.2) is 35.8 Å². The number of benzene rings is 2. The van der Waals surface area contributed by atoms with Crippen molar-refractivity contribution in [3.05, 3.63) is 70.6 Å². The molecule has 0 aliphatic carbocycles. The number of hydrogen-bond donors (Lipinski definition) is 1. The molecule has 0 radical (unpaired) electrons. The summed E-state index contributed by atoms with van der Waals surface area (Å²) >= 11 is 0. The summed E-state index contributed by atoms with van der Waals surface area (Å²) in [5.74, 6) is -0.173. The first-order valence-electron chi connectivity index (χ1n) is 10.1. The molecule has 3 rings (SSSR count). The molecule has 0 aliphatic heterocycles. The predicted molar refractivity (Wildman–Crippen MR) is 118 cm³/mol. The third kappa shape index (κ3) is 5.38. The number of aryl methyl sites for hydroxylation is 2. The lowest BCUT2D eigenvalue weighted by atomic mass is 10.2. The molecule has 3 aromatic rings. The van der Waals surface area contributed by atoms with Gasteiger partial charge >= 0.3 is 5.69 Å². The van der Waals surface area contributed by atoms with Crippen LogP contribution in [0.1, 0.15) is 25.3 Å². The van der Waals surface area contributed by atoms with E-state index in [2.05, 4.69) is 5.32 Å². The van der Waals surface area contributed by atoms with Crippen molar-refractivity contribution < 1.29 is 13.2 Å². The van der Waals surface area contributed by atoms with Gasteiger partial charge in [0.25, 0.3) is 0 Å².